The maximum Gasteiger partial charge on any atom is 0.240 e. The molecule has 1 aliphatic rings. The summed E-state index contributed by atoms with van der Waals surface area (Å²) in [7, 11) is 0. The summed E-state index contributed by atoms with van der Waals surface area (Å²) in [6.45, 7) is 1.44. The minimum atomic E-state index is -0.246. The van der Waals surface area contributed by atoms with E-state index in [2.05, 4.69) is 0 Å². The molecular weight excluding hydrogens is 190 g/mol. The van der Waals surface area contributed by atoms with Crippen molar-refractivity contribution in [3.8, 4) is 0 Å². The van der Waals surface area contributed by atoms with Crippen molar-refractivity contribution in [2.75, 3.05) is 11.4 Å². The summed E-state index contributed by atoms with van der Waals surface area (Å²) in [5.74, 6) is -0.246. The first-order valence-electron chi connectivity index (χ1n) is 5.07. The molecule has 4 N–H and O–H groups in total. The van der Waals surface area contributed by atoms with Gasteiger partial charge in [-0.3, -0.25) is 4.79 Å². The first-order valence-corrected chi connectivity index (χ1v) is 5.07. The Bertz CT molecular complexity index is 361. The van der Waals surface area contributed by atoms with Gasteiger partial charge < -0.3 is 16.4 Å². The van der Waals surface area contributed by atoms with E-state index in [-0.39, 0.29) is 11.9 Å². The fraction of sp³-hybridized carbons (Fsp3) is 0.364. The molecule has 0 bridgehead atoms. The molecule has 80 valence electrons. The number of amides is 1. The van der Waals surface area contributed by atoms with E-state index in [0.29, 0.717) is 6.54 Å². The van der Waals surface area contributed by atoms with E-state index < -0.39 is 0 Å². The van der Waals surface area contributed by atoms with Gasteiger partial charge in [0.1, 0.15) is 6.04 Å². The van der Waals surface area contributed by atoms with Crippen molar-refractivity contribution in [3.63, 3.8) is 0 Å². The molecule has 1 aromatic carbocycles. The minimum Gasteiger partial charge on any atom is -0.368 e. The highest BCUT2D eigenvalue weighted by Gasteiger charge is 2.32. The van der Waals surface area contributed by atoms with Crippen LogP contribution in [0.2, 0.25) is 0 Å². The molecule has 1 fully saturated rings. The van der Waals surface area contributed by atoms with Crippen LogP contribution in [0.15, 0.2) is 24.3 Å². The van der Waals surface area contributed by atoms with Gasteiger partial charge in [-0.15, -0.1) is 0 Å². The maximum atomic E-state index is 11.0. The number of primary amides is 1. The molecule has 4 nitrogen and oxygen atoms in total. The van der Waals surface area contributed by atoms with Crippen LogP contribution in [0, 0.1) is 0 Å². The molecule has 15 heavy (non-hydrogen) atoms. The second-order valence-electron chi connectivity index (χ2n) is 3.77. The maximum absolute atomic E-state index is 11.0. The van der Waals surface area contributed by atoms with Crippen LogP contribution in [0.3, 0.4) is 0 Å². The molecule has 0 aromatic heterocycles. The lowest BCUT2D eigenvalue weighted by Crippen LogP contribution is -2.55. The Morgan fingerprint density at radius 3 is 2.47 bits per heavy atom. The lowest BCUT2D eigenvalue weighted by molar-refractivity contribution is -0.120. The van der Waals surface area contributed by atoms with E-state index in [1.807, 2.05) is 29.2 Å². The summed E-state index contributed by atoms with van der Waals surface area (Å²) in [5, 5.41) is 0. The molecular formula is C11H15N3O. The highest BCUT2D eigenvalue weighted by Crippen LogP contribution is 2.26. The van der Waals surface area contributed by atoms with Crippen LogP contribution < -0.4 is 16.4 Å². The summed E-state index contributed by atoms with van der Waals surface area (Å²) in [5.41, 5.74) is 12.9. The zero-order valence-corrected chi connectivity index (χ0v) is 8.52. The normalized spacial score (nSPS) is 19.8. The van der Waals surface area contributed by atoms with E-state index in [1.165, 1.54) is 0 Å². The third-order valence-corrected chi connectivity index (χ3v) is 2.85. The second kappa shape index (κ2) is 3.90. The van der Waals surface area contributed by atoms with Gasteiger partial charge in [-0.2, -0.15) is 0 Å². The molecule has 1 atom stereocenters. The predicted molar refractivity (Wildman–Crippen MR) is 59.3 cm³/mol. The third kappa shape index (κ3) is 1.80. The molecule has 1 heterocycles. The quantitative estimate of drug-likeness (QED) is 0.741. The highest BCUT2D eigenvalue weighted by molar-refractivity contribution is 5.85. The lowest BCUT2D eigenvalue weighted by atomic mass is 10.0. The van der Waals surface area contributed by atoms with E-state index in [1.54, 1.807) is 0 Å². The molecule has 2 rings (SSSR count). The Kier molecular flexibility index (Phi) is 2.60. The summed E-state index contributed by atoms with van der Waals surface area (Å²) in [6.07, 6.45) is 0.855. The molecule has 0 radical (unpaired) electrons. The third-order valence-electron chi connectivity index (χ3n) is 2.85. The van der Waals surface area contributed by atoms with Crippen molar-refractivity contribution in [1.82, 2.24) is 0 Å². The van der Waals surface area contributed by atoms with Crippen LogP contribution in [0.25, 0.3) is 0 Å². The summed E-state index contributed by atoms with van der Waals surface area (Å²) in [6, 6.07) is 7.79. The first-order chi connectivity index (χ1) is 7.22. The van der Waals surface area contributed by atoms with Gasteiger partial charge in [0.25, 0.3) is 0 Å². The van der Waals surface area contributed by atoms with Gasteiger partial charge in [0.05, 0.1) is 0 Å². The molecule has 1 aromatic rings. The van der Waals surface area contributed by atoms with Crippen LogP contribution in [-0.4, -0.2) is 18.5 Å². The van der Waals surface area contributed by atoms with E-state index in [4.69, 9.17) is 11.5 Å². The lowest BCUT2D eigenvalue weighted by Gasteiger charge is -2.40. The predicted octanol–water partition coefficient (Wildman–Crippen LogP) is 0.209. The number of carbonyl (C=O) groups excluding carboxylic acids is 1. The molecule has 0 aliphatic carbocycles. The Labute approximate surface area is 88.9 Å². The van der Waals surface area contributed by atoms with Crippen molar-refractivity contribution in [1.29, 1.82) is 0 Å². The molecule has 4 heteroatoms. The van der Waals surface area contributed by atoms with E-state index >= 15 is 0 Å². The summed E-state index contributed by atoms with van der Waals surface area (Å²) in [4.78, 5) is 13.1. The van der Waals surface area contributed by atoms with Crippen molar-refractivity contribution in [2.45, 2.75) is 19.0 Å². The molecule has 1 unspecified atom stereocenters. The van der Waals surface area contributed by atoms with Crippen LogP contribution in [0.4, 0.5) is 5.69 Å². The Morgan fingerprint density at radius 2 is 2.07 bits per heavy atom. The second-order valence-corrected chi connectivity index (χ2v) is 3.77. The van der Waals surface area contributed by atoms with Gasteiger partial charge >= 0.3 is 0 Å². The average molecular weight is 205 g/mol. The van der Waals surface area contributed by atoms with Crippen LogP contribution in [0.5, 0.6) is 0 Å². The fourth-order valence-corrected chi connectivity index (χ4v) is 1.82. The average Bonchev–Trinajstić information content (AvgIpc) is 2.16. The van der Waals surface area contributed by atoms with Crippen molar-refractivity contribution >= 4 is 11.6 Å². The van der Waals surface area contributed by atoms with Gasteiger partial charge in [-0.05, 0) is 24.1 Å². The number of carbonyl (C=O) groups is 1. The number of nitrogens with two attached hydrogens (primary N) is 2. The summed E-state index contributed by atoms with van der Waals surface area (Å²) >= 11 is 0. The first kappa shape index (κ1) is 9.98. The largest absolute Gasteiger partial charge is 0.368 e. The van der Waals surface area contributed by atoms with Crippen molar-refractivity contribution in [2.24, 2.45) is 11.5 Å². The van der Waals surface area contributed by atoms with Crippen molar-refractivity contribution < 1.29 is 4.79 Å². The molecule has 0 saturated carbocycles. The fourth-order valence-electron chi connectivity index (χ4n) is 1.82. The SMILES string of the molecule is NCc1ccc(N2CCC2C(N)=O)cc1. The number of rotatable bonds is 3. The standard InChI is InChI=1S/C11H15N3O/c12-7-8-1-3-9(4-2-8)14-6-5-10(14)11(13)15/h1-4,10H,5-7,12H2,(H2,13,15). The molecule has 1 saturated heterocycles. The van der Waals surface area contributed by atoms with E-state index in [0.717, 1.165) is 24.2 Å². The van der Waals surface area contributed by atoms with Crippen LogP contribution in [0.1, 0.15) is 12.0 Å². The number of benzene rings is 1. The number of hydrogen-bond acceptors (Lipinski definition) is 3. The number of hydrogen-bond donors (Lipinski definition) is 2. The Hall–Kier alpha value is -1.55. The number of nitrogens with zero attached hydrogens (tertiary/aromatic N) is 1. The topological polar surface area (TPSA) is 72.3 Å². The van der Waals surface area contributed by atoms with E-state index in [9.17, 15) is 4.79 Å². The number of anilines is 1. The molecule has 1 amide bonds. The van der Waals surface area contributed by atoms with Crippen LogP contribution in [-0.2, 0) is 11.3 Å². The summed E-state index contributed by atoms with van der Waals surface area (Å²) < 4.78 is 0. The smallest absolute Gasteiger partial charge is 0.240 e. The highest BCUT2D eigenvalue weighted by atomic mass is 16.1. The molecule has 0 spiro atoms. The van der Waals surface area contributed by atoms with Gasteiger partial charge in [0.15, 0.2) is 0 Å². The van der Waals surface area contributed by atoms with Gasteiger partial charge in [0.2, 0.25) is 5.91 Å². The van der Waals surface area contributed by atoms with Crippen molar-refractivity contribution in [3.05, 3.63) is 29.8 Å². The Balaban J connectivity index is 2.13. The van der Waals surface area contributed by atoms with Crippen LogP contribution >= 0.6 is 0 Å². The zero-order chi connectivity index (χ0) is 10.8. The van der Waals surface area contributed by atoms with Gasteiger partial charge in [-0.25, -0.2) is 0 Å². The monoisotopic (exact) mass is 205 g/mol. The zero-order valence-electron chi connectivity index (χ0n) is 8.52. The Morgan fingerprint density at radius 1 is 1.40 bits per heavy atom. The minimum absolute atomic E-state index is 0.131. The van der Waals surface area contributed by atoms with Gasteiger partial charge in [0, 0.05) is 18.8 Å². The molecule has 1 aliphatic heterocycles. The van der Waals surface area contributed by atoms with Gasteiger partial charge in [-0.1, -0.05) is 12.1 Å².